The first-order chi connectivity index (χ1) is 14.9. The molecule has 0 radical (unpaired) electrons. The summed E-state index contributed by atoms with van der Waals surface area (Å²) in [6.07, 6.45) is 0. The Labute approximate surface area is 212 Å². The summed E-state index contributed by atoms with van der Waals surface area (Å²) in [5.74, 6) is 0. The minimum atomic E-state index is -1.90. The molecule has 0 aliphatic carbocycles. The summed E-state index contributed by atoms with van der Waals surface area (Å²) in [7, 11) is 0.540. The molecule has 0 saturated heterocycles. The first-order valence-corrected chi connectivity index (χ1v) is 22.4. The number of benzene rings is 2. The van der Waals surface area contributed by atoms with Crippen LogP contribution in [0.4, 0.5) is 0 Å². The minimum absolute atomic E-state index is 0.284. The van der Waals surface area contributed by atoms with Crippen molar-refractivity contribution in [2.24, 2.45) is 0 Å². The van der Waals surface area contributed by atoms with E-state index in [0.717, 1.165) is 7.82 Å². The Morgan fingerprint density at radius 2 is 0.879 bits per heavy atom. The Balaban J connectivity index is 2.77. The van der Waals surface area contributed by atoms with Gasteiger partial charge in [-0.1, -0.05) is 172 Å². The highest BCUT2D eigenvalue weighted by molar-refractivity contribution is 8.42. The normalized spacial score (nSPS) is 15.0. The van der Waals surface area contributed by atoms with E-state index in [4.69, 9.17) is 0 Å². The van der Waals surface area contributed by atoms with Crippen LogP contribution in [0.1, 0.15) is 83.1 Å². The molecule has 5 heteroatoms. The van der Waals surface area contributed by atoms with E-state index < -0.39 is 15.5 Å². The van der Waals surface area contributed by atoms with E-state index in [2.05, 4.69) is 144 Å². The molecule has 2 rings (SSSR count). The lowest BCUT2D eigenvalue weighted by Gasteiger charge is -2.52. The molecule has 1 atom stereocenters. The molecule has 0 amide bonds. The van der Waals surface area contributed by atoms with Gasteiger partial charge in [-0.2, -0.15) is 0 Å². The molecular weight excluding hydrogens is 485 g/mol. The van der Waals surface area contributed by atoms with Crippen LogP contribution in [0.3, 0.4) is 0 Å². The van der Waals surface area contributed by atoms with Crippen molar-refractivity contribution in [1.82, 2.24) is 0 Å². The Bertz CT molecular complexity index is 898. The number of hydrogen-bond donors (Lipinski definition) is 0. The molecule has 0 aromatic heterocycles. The predicted molar refractivity (Wildman–Crippen MR) is 165 cm³/mol. The van der Waals surface area contributed by atoms with Crippen LogP contribution >= 0.6 is 22.8 Å². The van der Waals surface area contributed by atoms with Crippen LogP contribution < -0.4 is 10.4 Å². The second-order valence-electron chi connectivity index (χ2n) is 13.5. The van der Waals surface area contributed by atoms with E-state index >= 15 is 0 Å². The van der Waals surface area contributed by atoms with Gasteiger partial charge in [0.05, 0.1) is 0 Å². The molecule has 0 aliphatic heterocycles. The van der Waals surface area contributed by atoms with Gasteiger partial charge in [-0.25, -0.2) is 0 Å². The van der Waals surface area contributed by atoms with Crippen molar-refractivity contribution >= 4 is 48.6 Å². The van der Waals surface area contributed by atoms with Crippen molar-refractivity contribution < 1.29 is 0 Å². The lowest BCUT2D eigenvalue weighted by Crippen LogP contribution is -2.57. The maximum Gasteiger partial charge on any atom is 0.158 e. The van der Waals surface area contributed by atoms with Gasteiger partial charge in [-0.05, 0) is 25.3 Å². The smallest absolute Gasteiger partial charge is 0.0886 e. The van der Waals surface area contributed by atoms with Crippen LogP contribution in [0, 0.1) is 0 Å². The molecule has 0 aliphatic rings. The summed E-state index contributed by atoms with van der Waals surface area (Å²) < 4.78 is 0. The fourth-order valence-electron chi connectivity index (χ4n) is 6.28. The van der Waals surface area contributed by atoms with Crippen molar-refractivity contribution in [2.45, 2.75) is 103 Å². The summed E-state index contributed by atoms with van der Waals surface area (Å²) in [4.78, 5) is 0. The molecule has 1 unspecified atom stereocenters. The maximum absolute atomic E-state index is 2.52. The summed E-state index contributed by atoms with van der Waals surface area (Å²) >= 11 is 0. The molecule has 2 aromatic rings. The van der Waals surface area contributed by atoms with E-state index in [9.17, 15) is 0 Å². The fraction of sp³-hybridized carbons (Fsp3) is 0.571. The van der Waals surface area contributed by atoms with Gasteiger partial charge in [0.15, 0.2) is 7.74 Å². The van der Waals surface area contributed by atoms with E-state index in [-0.39, 0.29) is 10.1 Å². The molecule has 182 valence electrons. The zero-order valence-electron chi connectivity index (χ0n) is 23.2. The van der Waals surface area contributed by atoms with Gasteiger partial charge < -0.3 is 0 Å². The summed E-state index contributed by atoms with van der Waals surface area (Å²) in [6.45, 7) is 30.2. The average Bonchev–Trinajstić information content (AvgIpc) is 2.65. The van der Waals surface area contributed by atoms with E-state index in [0.29, 0.717) is 10.1 Å². The highest BCUT2D eigenvalue weighted by Crippen LogP contribution is 2.67. The summed E-state index contributed by atoms with van der Waals surface area (Å²) in [5, 5.41) is 4.44. The Hall–Kier alpha value is -0.0962. The molecule has 0 saturated carbocycles. The molecule has 0 fully saturated rings. The SMILES string of the molecule is CC(C)(C)[Si](P=PP[Si](c1ccccc1)(C(C)(C)C)C(C)(C)C)(c1ccccc1)C(C)(C)C. The predicted octanol–water partition coefficient (Wildman–Crippen LogP) is 10.3. The third kappa shape index (κ3) is 5.52. The second-order valence-corrected chi connectivity index (χ2v) is 35.9. The van der Waals surface area contributed by atoms with E-state index in [1.165, 1.54) is 0 Å². The van der Waals surface area contributed by atoms with Crippen LogP contribution in [0.5, 0.6) is 0 Å². The maximum atomic E-state index is 2.52. The summed E-state index contributed by atoms with van der Waals surface area (Å²) in [6, 6.07) is 23.2. The van der Waals surface area contributed by atoms with Crippen molar-refractivity contribution in [3.05, 3.63) is 60.7 Å². The number of hydrogen-bond acceptors (Lipinski definition) is 0. The van der Waals surface area contributed by atoms with Crippen molar-refractivity contribution in [2.75, 3.05) is 0 Å². The van der Waals surface area contributed by atoms with Gasteiger partial charge in [-0.3, -0.25) is 0 Å². The quantitative estimate of drug-likeness (QED) is 0.265. The monoisotopic (exact) mass is 532 g/mol. The molecule has 0 bridgehead atoms. The van der Waals surface area contributed by atoms with E-state index in [1.54, 1.807) is 25.3 Å². The largest absolute Gasteiger partial charge is 0.158 e. The van der Waals surface area contributed by atoms with Crippen LogP contribution in [-0.4, -0.2) is 15.5 Å². The fourth-order valence-corrected chi connectivity index (χ4v) is 54.3. The molecule has 0 N–H and O–H groups in total. The molecule has 0 heterocycles. The van der Waals surface area contributed by atoms with Gasteiger partial charge in [0.25, 0.3) is 0 Å². The van der Waals surface area contributed by atoms with Crippen LogP contribution in [0.2, 0.25) is 20.2 Å². The average molecular weight is 533 g/mol. The van der Waals surface area contributed by atoms with Gasteiger partial charge in [-0.15, -0.1) is 0 Å². The third-order valence-electron chi connectivity index (χ3n) is 7.24. The van der Waals surface area contributed by atoms with Crippen LogP contribution in [-0.2, 0) is 0 Å². The zero-order valence-corrected chi connectivity index (χ0v) is 28.0. The Morgan fingerprint density at radius 3 is 1.21 bits per heavy atom. The van der Waals surface area contributed by atoms with Gasteiger partial charge in [0.1, 0.15) is 7.74 Å². The standard InChI is InChI=1S/C28H47P3Si2/c1-25(2,3)32(26(4,5)6,23-19-15-13-16-20-23)30-29-31-33(27(7,8)9,28(10,11)12)24-21-17-14-18-22-24/h13-22,30H,1-12H3. The van der Waals surface area contributed by atoms with Crippen LogP contribution in [0.25, 0.3) is 0 Å². The van der Waals surface area contributed by atoms with Crippen molar-refractivity contribution in [3.63, 3.8) is 0 Å². The highest BCUT2D eigenvalue weighted by Gasteiger charge is 2.56. The topological polar surface area (TPSA) is 0 Å². The van der Waals surface area contributed by atoms with Gasteiger partial charge in [0, 0.05) is 0 Å². The first kappa shape index (κ1) is 29.1. The lowest BCUT2D eigenvalue weighted by molar-refractivity contribution is 0.645. The van der Waals surface area contributed by atoms with Crippen LogP contribution in [0.15, 0.2) is 60.7 Å². The lowest BCUT2D eigenvalue weighted by atomic mass is 10.2. The molecule has 0 nitrogen and oxygen atoms in total. The zero-order chi connectivity index (χ0) is 25.3. The van der Waals surface area contributed by atoms with Crippen molar-refractivity contribution in [3.8, 4) is 0 Å². The Kier molecular flexibility index (Phi) is 8.92. The molecule has 0 spiro atoms. The first-order valence-electron chi connectivity index (χ1n) is 12.2. The second kappa shape index (κ2) is 10.1. The van der Waals surface area contributed by atoms with E-state index in [1.807, 2.05) is 0 Å². The summed E-state index contributed by atoms with van der Waals surface area (Å²) in [5.41, 5.74) is 0. The van der Waals surface area contributed by atoms with Crippen molar-refractivity contribution in [1.29, 1.82) is 0 Å². The molecule has 2 aromatic carbocycles. The van der Waals surface area contributed by atoms with Gasteiger partial charge in [0.2, 0.25) is 0 Å². The Morgan fingerprint density at radius 1 is 0.515 bits per heavy atom. The third-order valence-corrected chi connectivity index (χ3v) is 44.9. The number of rotatable bonds is 5. The minimum Gasteiger partial charge on any atom is -0.0886 e. The highest BCUT2D eigenvalue weighted by atomic mass is 32.3. The van der Waals surface area contributed by atoms with Gasteiger partial charge >= 0.3 is 0 Å². The molecular formula is C28H47P3Si2. The molecule has 33 heavy (non-hydrogen) atoms.